The van der Waals surface area contributed by atoms with Crippen molar-refractivity contribution in [3.05, 3.63) is 49.0 Å². The zero-order chi connectivity index (χ0) is 29.0. The quantitative estimate of drug-likeness (QED) is 0.137. The number of hydrogen-bond donors (Lipinski definition) is 2. The molecule has 5 aliphatic carbocycles. The molecule has 39 heavy (non-hydrogen) atoms. The van der Waals surface area contributed by atoms with Crippen LogP contribution in [0.3, 0.4) is 0 Å². The van der Waals surface area contributed by atoms with Crippen LogP contribution in [0.5, 0.6) is 0 Å². The van der Waals surface area contributed by atoms with Gasteiger partial charge in [-0.05, 0) is 23.3 Å². The Hall–Kier alpha value is 1.88. The van der Waals surface area contributed by atoms with Gasteiger partial charge in [-0.25, -0.2) is 10.1 Å². The summed E-state index contributed by atoms with van der Waals surface area (Å²) in [5.74, 6) is -5.31. The van der Waals surface area contributed by atoms with Crippen molar-refractivity contribution in [3.63, 3.8) is 0 Å². The molecule has 0 spiro atoms. The highest BCUT2D eigenvalue weighted by Crippen LogP contribution is 2.88. The lowest BCUT2D eigenvalue weighted by Crippen LogP contribution is -2.53. The van der Waals surface area contributed by atoms with Crippen molar-refractivity contribution in [2.75, 3.05) is 0 Å². The number of carboxylic acids is 1. The molecule has 2 fully saturated rings. The third-order valence-corrected chi connectivity index (χ3v) is 17.8. The third-order valence-electron chi connectivity index (χ3n) is 8.61. The predicted molar refractivity (Wildman–Crippen MR) is 157 cm³/mol. The van der Waals surface area contributed by atoms with Gasteiger partial charge in [0, 0.05) is 23.7 Å². The SMILES string of the molecule is O=C(O)c1cc2c(cc1SOOO)C1C(C3C2C2(Cl)C(Cl)=C(Cl)C3(Cl)C2(Cl)Cl)C2(Cl)C(Cl)=C(Cl)C1(Cl)C2(Cl)Cl. The van der Waals surface area contributed by atoms with Crippen LogP contribution in [0.15, 0.2) is 37.2 Å². The fourth-order valence-corrected chi connectivity index (χ4v) is 13.8. The van der Waals surface area contributed by atoms with E-state index >= 15 is 0 Å². The Bertz CT molecular complexity index is 1450. The summed E-state index contributed by atoms with van der Waals surface area (Å²) in [6.07, 6.45) is 0. The second kappa shape index (κ2) is 8.99. The van der Waals surface area contributed by atoms with Gasteiger partial charge in [0.05, 0.1) is 42.6 Å². The number of hydrogen-bond acceptors (Lipinski definition) is 5. The van der Waals surface area contributed by atoms with E-state index in [9.17, 15) is 9.90 Å². The molecular weight excluding hydrogens is 790 g/mol. The molecule has 6 rings (SSSR count). The number of allylic oxidation sites excluding steroid dienone is 4. The topological polar surface area (TPSA) is 76.0 Å². The molecule has 212 valence electrons. The minimum absolute atomic E-state index is 0.00449. The molecule has 0 aliphatic heterocycles. The number of benzene rings is 1. The van der Waals surface area contributed by atoms with Gasteiger partial charge in [-0.2, -0.15) is 0 Å². The molecule has 4 bridgehead atoms. The number of halogens is 12. The molecule has 2 N–H and O–H groups in total. The summed E-state index contributed by atoms with van der Waals surface area (Å²) >= 11 is 84.0. The van der Waals surface area contributed by atoms with Crippen molar-refractivity contribution < 1.29 is 24.5 Å². The smallest absolute Gasteiger partial charge is 0.336 e. The largest absolute Gasteiger partial charge is 0.478 e. The van der Waals surface area contributed by atoms with Crippen LogP contribution < -0.4 is 0 Å². The van der Waals surface area contributed by atoms with E-state index in [4.69, 9.17) is 144 Å². The number of fused-ring (bicyclic) bond motifs is 14. The van der Waals surface area contributed by atoms with Gasteiger partial charge in [-0.15, -0.1) is 50.7 Å². The summed E-state index contributed by atoms with van der Waals surface area (Å²) in [5, 5.41) is 21.9. The second-order valence-corrected chi connectivity index (χ2v) is 17.1. The molecule has 2 saturated carbocycles. The van der Waals surface area contributed by atoms with Gasteiger partial charge >= 0.3 is 5.97 Å². The average molecular weight is 798 g/mol. The normalized spacial score (nSPS) is 44.1. The van der Waals surface area contributed by atoms with E-state index in [1.807, 2.05) is 0 Å². The second-order valence-electron chi connectivity index (χ2n) is 9.77. The maximum absolute atomic E-state index is 12.3. The highest BCUT2D eigenvalue weighted by Gasteiger charge is 2.91. The fraction of sp³-hybridized carbons (Fsp3) is 0.476. The van der Waals surface area contributed by atoms with Gasteiger partial charge in [0.15, 0.2) is 8.67 Å². The monoisotopic (exact) mass is 792 g/mol. The van der Waals surface area contributed by atoms with E-state index in [1.54, 1.807) is 0 Å². The van der Waals surface area contributed by atoms with Gasteiger partial charge in [-0.3, -0.25) is 0 Å². The first-order valence-electron chi connectivity index (χ1n) is 10.6. The molecule has 5 aliphatic rings. The maximum Gasteiger partial charge on any atom is 0.336 e. The van der Waals surface area contributed by atoms with Gasteiger partial charge in [0.2, 0.25) is 0 Å². The summed E-state index contributed by atoms with van der Waals surface area (Å²) in [4.78, 5) is 4.84. The molecule has 0 heterocycles. The van der Waals surface area contributed by atoms with Crippen molar-refractivity contribution in [2.45, 2.75) is 44.9 Å². The Morgan fingerprint density at radius 1 is 0.718 bits per heavy atom. The van der Waals surface area contributed by atoms with Crippen LogP contribution >= 0.6 is 151 Å². The van der Waals surface area contributed by atoms with E-state index in [2.05, 4.69) is 9.37 Å². The zero-order valence-corrected chi connectivity index (χ0v) is 27.9. The van der Waals surface area contributed by atoms with E-state index in [0.29, 0.717) is 23.2 Å². The Morgan fingerprint density at radius 3 is 1.49 bits per heavy atom. The van der Waals surface area contributed by atoms with Crippen molar-refractivity contribution >= 4 is 157 Å². The summed E-state index contributed by atoms with van der Waals surface area (Å²) in [7, 11) is 0. The van der Waals surface area contributed by atoms with E-state index < -0.39 is 57.8 Å². The zero-order valence-electron chi connectivity index (χ0n) is 18.0. The van der Waals surface area contributed by atoms with E-state index in [1.165, 1.54) is 12.1 Å². The molecule has 8 atom stereocenters. The standard InChI is InChI=1S/C21H8Cl12O5S/c22-11-13(24)18(28)9-7(16(11,26)20(18,30)31)3-1-5(15(34)35)6(39-38-37-36)2-4(3)8-10(9)19(29)14(25)12(23)17(8,27)21(19,32)33/h1-2,7-10,36H,(H,34,35). The minimum atomic E-state index is -2.06. The third kappa shape index (κ3) is 3.01. The first-order chi connectivity index (χ1) is 17.9. The van der Waals surface area contributed by atoms with Gasteiger partial charge < -0.3 is 5.11 Å². The Labute approximate surface area is 284 Å². The van der Waals surface area contributed by atoms with Crippen LogP contribution in [0.2, 0.25) is 0 Å². The molecule has 18 heteroatoms. The number of carboxylic acid groups (broad SMARTS) is 1. The van der Waals surface area contributed by atoms with Crippen LogP contribution in [0.25, 0.3) is 0 Å². The number of alkyl halides is 8. The molecule has 0 amide bonds. The molecule has 0 aromatic heterocycles. The van der Waals surface area contributed by atoms with Crippen LogP contribution in [0.4, 0.5) is 0 Å². The molecule has 0 radical (unpaired) electrons. The van der Waals surface area contributed by atoms with E-state index in [-0.39, 0.29) is 30.6 Å². The fourth-order valence-electron chi connectivity index (χ4n) is 7.21. The number of carbonyl (C=O) groups is 1. The predicted octanol–water partition coefficient (Wildman–Crippen LogP) is 9.92. The number of aromatic carboxylic acids is 1. The Morgan fingerprint density at radius 2 is 1.10 bits per heavy atom. The molecule has 8 unspecified atom stereocenters. The Balaban J connectivity index is 1.77. The van der Waals surface area contributed by atoms with Crippen LogP contribution in [0, 0.1) is 11.8 Å². The molecule has 1 aromatic rings. The van der Waals surface area contributed by atoms with Crippen LogP contribution in [0.1, 0.15) is 33.3 Å². The minimum Gasteiger partial charge on any atom is -0.478 e. The lowest BCUT2D eigenvalue weighted by Gasteiger charge is -2.52. The number of rotatable bonds is 4. The molecule has 1 aromatic carbocycles. The van der Waals surface area contributed by atoms with Crippen molar-refractivity contribution in [2.24, 2.45) is 11.8 Å². The lowest BCUT2D eigenvalue weighted by atomic mass is 9.57. The van der Waals surface area contributed by atoms with Gasteiger partial charge in [0.25, 0.3) is 0 Å². The highest BCUT2D eigenvalue weighted by atomic mass is 35.5. The highest BCUT2D eigenvalue weighted by molar-refractivity contribution is 7.94. The summed E-state index contributed by atoms with van der Waals surface area (Å²) in [6.45, 7) is 0. The van der Waals surface area contributed by atoms with Gasteiger partial charge in [-0.1, -0.05) is 97.8 Å². The van der Waals surface area contributed by atoms with Crippen molar-refractivity contribution in [3.8, 4) is 0 Å². The maximum atomic E-state index is 12.3. The van der Waals surface area contributed by atoms with E-state index in [0.717, 1.165) is 0 Å². The Kier molecular flexibility index (Phi) is 7.12. The lowest BCUT2D eigenvalue weighted by molar-refractivity contribution is -0.432. The average Bonchev–Trinajstić information content (AvgIpc) is 3.21. The van der Waals surface area contributed by atoms with Gasteiger partial charge in [0.1, 0.15) is 19.5 Å². The van der Waals surface area contributed by atoms with Crippen LogP contribution in [-0.2, 0) is 9.37 Å². The van der Waals surface area contributed by atoms with Crippen molar-refractivity contribution in [1.29, 1.82) is 0 Å². The first-order valence-corrected chi connectivity index (χ1v) is 15.8. The molecule has 5 nitrogen and oxygen atoms in total. The summed E-state index contributed by atoms with van der Waals surface area (Å²) < 4.78 is 0.441. The van der Waals surface area contributed by atoms with Crippen molar-refractivity contribution in [1.82, 2.24) is 0 Å². The molecular formula is C21H8Cl12O5S. The van der Waals surface area contributed by atoms with Crippen LogP contribution in [-0.4, -0.2) is 44.5 Å². The molecule has 0 saturated heterocycles. The summed E-state index contributed by atoms with van der Waals surface area (Å²) in [5.41, 5.74) is 0.394. The first kappa shape index (κ1) is 30.9. The summed E-state index contributed by atoms with van der Waals surface area (Å²) in [6, 6.07) is 2.75.